The Hall–Kier alpha value is -2.53. The van der Waals surface area contributed by atoms with Crippen molar-refractivity contribution in [1.82, 2.24) is 9.55 Å². The van der Waals surface area contributed by atoms with Gasteiger partial charge in [-0.25, -0.2) is 4.98 Å². The van der Waals surface area contributed by atoms with E-state index in [0.717, 1.165) is 22.4 Å². The molecule has 22 heavy (non-hydrogen) atoms. The molecule has 0 aliphatic rings. The first kappa shape index (κ1) is 14.4. The van der Waals surface area contributed by atoms with Gasteiger partial charge >= 0.3 is 0 Å². The molecule has 0 saturated carbocycles. The normalized spacial score (nSPS) is 12.4. The molecule has 1 unspecified atom stereocenters. The molecule has 5 heteroatoms. The Balaban J connectivity index is 2.09. The first-order valence-electron chi connectivity index (χ1n) is 7.04. The number of aromatic nitrogens is 2. The summed E-state index contributed by atoms with van der Waals surface area (Å²) >= 11 is 0. The highest BCUT2D eigenvalue weighted by atomic mass is 16.5. The molecule has 0 aliphatic heterocycles. The lowest BCUT2D eigenvalue weighted by atomic mass is 10.1. The van der Waals surface area contributed by atoms with Crippen LogP contribution in [-0.4, -0.2) is 23.8 Å². The van der Waals surface area contributed by atoms with Crippen molar-refractivity contribution in [3.63, 3.8) is 0 Å². The molecule has 0 radical (unpaired) electrons. The Kier molecular flexibility index (Phi) is 3.73. The fourth-order valence-electron chi connectivity index (χ4n) is 2.60. The van der Waals surface area contributed by atoms with Crippen LogP contribution in [0.3, 0.4) is 0 Å². The van der Waals surface area contributed by atoms with Gasteiger partial charge in [0.1, 0.15) is 17.3 Å². The highest BCUT2D eigenvalue weighted by Gasteiger charge is 2.18. The zero-order chi connectivity index (χ0) is 15.7. The molecule has 2 aromatic carbocycles. The third kappa shape index (κ3) is 2.40. The molecule has 0 fully saturated rings. The van der Waals surface area contributed by atoms with Gasteiger partial charge in [0.05, 0.1) is 31.3 Å². The summed E-state index contributed by atoms with van der Waals surface area (Å²) in [4.78, 5) is 4.66. The Morgan fingerprint density at radius 1 is 1.05 bits per heavy atom. The molecule has 2 N–H and O–H groups in total. The smallest absolute Gasteiger partial charge is 0.131 e. The number of nitrogens with zero attached hydrogens (tertiary/aromatic N) is 2. The zero-order valence-corrected chi connectivity index (χ0v) is 12.9. The number of hydrogen-bond acceptors (Lipinski definition) is 4. The number of fused-ring (bicyclic) bond motifs is 1. The topological polar surface area (TPSA) is 62.3 Å². The summed E-state index contributed by atoms with van der Waals surface area (Å²) in [5, 5.41) is 0. The van der Waals surface area contributed by atoms with E-state index in [0.29, 0.717) is 11.5 Å². The average molecular weight is 297 g/mol. The second kappa shape index (κ2) is 5.69. The first-order chi connectivity index (χ1) is 10.6. The molecule has 0 saturated heterocycles. The van der Waals surface area contributed by atoms with E-state index in [2.05, 4.69) is 4.98 Å². The quantitative estimate of drug-likeness (QED) is 0.804. The fourth-order valence-corrected chi connectivity index (χ4v) is 2.60. The number of rotatable bonds is 4. The molecule has 1 aromatic heterocycles. The van der Waals surface area contributed by atoms with Crippen molar-refractivity contribution >= 4 is 11.0 Å². The van der Waals surface area contributed by atoms with E-state index in [1.54, 1.807) is 14.2 Å². The number of imidazole rings is 1. The van der Waals surface area contributed by atoms with Crippen LogP contribution in [0.1, 0.15) is 17.4 Å². The number of ether oxygens (including phenoxy) is 2. The minimum Gasteiger partial charge on any atom is -0.497 e. The molecule has 1 atom stereocenters. The monoisotopic (exact) mass is 297 g/mol. The number of methoxy groups -OCH3 is 2. The highest BCUT2D eigenvalue weighted by Crippen LogP contribution is 2.29. The second-order valence-electron chi connectivity index (χ2n) is 5.14. The molecular weight excluding hydrogens is 278 g/mol. The van der Waals surface area contributed by atoms with E-state index in [-0.39, 0.29) is 6.04 Å². The number of hydrogen-bond donors (Lipinski definition) is 1. The van der Waals surface area contributed by atoms with Gasteiger partial charge in [-0.05, 0) is 29.8 Å². The van der Waals surface area contributed by atoms with E-state index in [1.165, 1.54) is 0 Å². The van der Waals surface area contributed by atoms with Gasteiger partial charge in [-0.3, -0.25) is 0 Å². The maximum Gasteiger partial charge on any atom is 0.131 e. The minimum atomic E-state index is -0.360. The molecule has 114 valence electrons. The highest BCUT2D eigenvalue weighted by molar-refractivity contribution is 5.76. The molecule has 1 heterocycles. The SMILES string of the molecule is COc1cc(OC)cc(C(N)c2nc3ccccc3n2C)c1. The second-order valence-corrected chi connectivity index (χ2v) is 5.14. The molecule has 0 amide bonds. The summed E-state index contributed by atoms with van der Waals surface area (Å²) in [5.74, 6) is 2.23. The molecular formula is C17H19N3O2. The third-order valence-corrected chi connectivity index (χ3v) is 3.83. The predicted octanol–water partition coefficient (Wildman–Crippen LogP) is 2.64. The molecule has 0 bridgehead atoms. The van der Waals surface area contributed by atoms with Gasteiger partial charge in [-0.1, -0.05) is 12.1 Å². The van der Waals surface area contributed by atoms with Crippen LogP contribution in [0, 0.1) is 0 Å². The average Bonchev–Trinajstić information content (AvgIpc) is 2.91. The third-order valence-electron chi connectivity index (χ3n) is 3.83. The summed E-state index contributed by atoms with van der Waals surface area (Å²) in [6, 6.07) is 13.3. The summed E-state index contributed by atoms with van der Waals surface area (Å²) in [6.45, 7) is 0. The Morgan fingerprint density at radius 3 is 2.27 bits per heavy atom. The number of aryl methyl sites for hydroxylation is 1. The Labute approximate surface area is 129 Å². The van der Waals surface area contributed by atoms with Crippen LogP contribution < -0.4 is 15.2 Å². The van der Waals surface area contributed by atoms with Gasteiger partial charge in [-0.2, -0.15) is 0 Å². The largest absolute Gasteiger partial charge is 0.497 e. The van der Waals surface area contributed by atoms with Crippen molar-refractivity contribution in [2.45, 2.75) is 6.04 Å². The van der Waals surface area contributed by atoms with Gasteiger partial charge < -0.3 is 19.8 Å². The van der Waals surface area contributed by atoms with Crippen molar-refractivity contribution < 1.29 is 9.47 Å². The van der Waals surface area contributed by atoms with Crippen LogP contribution in [-0.2, 0) is 7.05 Å². The maximum atomic E-state index is 6.43. The Bertz CT molecular complexity index is 789. The number of nitrogens with two attached hydrogens (primary N) is 1. The van der Waals surface area contributed by atoms with Crippen LogP contribution in [0.4, 0.5) is 0 Å². The lowest BCUT2D eigenvalue weighted by molar-refractivity contribution is 0.393. The van der Waals surface area contributed by atoms with E-state index >= 15 is 0 Å². The number of para-hydroxylation sites is 2. The maximum absolute atomic E-state index is 6.43. The predicted molar refractivity (Wildman–Crippen MR) is 86.3 cm³/mol. The van der Waals surface area contributed by atoms with E-state index in [4.69, 9.17) is 15.2 Å². The van der Waals surface area contributed by atoms with E-state index < -0.39 is 0 Å². The summed E-state index contributed by atoms with van der Waals surface area (Å²) in [6.07, 6.45) is 0. The Morgan fingerprint density at radius 2 is 1.68 bits per heavy atom. The summed E-state index contributed by atoms with van der Waals surface area (Å²) < 4.78 is 12.6. The van der Waals surface area contributed by atoms with Crippen molar-refractivity contribution in [2.75, 3.05) is 14.2 Å². The van der Waals surface area contributed by atoms with Crippen molar-refractivity contribution in [3.8, 4) is 11.5 Å². The van der Waals surface area contributed by atoms with Crippen LogP contribution in [0.5, 0.6) is 11.5 Å². The number of benzene rings is 2. The van der Waals surface area contributed by atoms with Gasteiger partial charge in [0.2, 0.25) is 0 Å². The molecule has 3 rings (SSSR count). The summed E-state index contributed by atoms with van der Waals surface area (Å²) in [7, 11) is 5.22. The van der Waals surface area contributed by atoms with Gasteiger partial charge in [0.25, 0.3) is 0 Å². The molecule has 0 spiro atoms. The molecule has 3 aromatic rings. The first-order valence-corrected chi connectivity index (χ1v) is 7.04. The lowest BCUT2D eigenvalue weighted by Crippen LogP contribution is -2.17. The fraction of sp³-hybridized carbons (Fsp3) is 0.235. The lowest BCUT2D eigenvalue weighted by Gasteiger charge is -2.15. The van der Waals surface area contributed by atoms with Crippen molar-refractivity contribution in [1.29, 1.82) is 0 Å². The van der Waals surface area contributed by atoms with Gasteiger partial charge in [0, 0.05) is 13.1 Å². The van der Waals surface area contributed by atoms with Gasteiger partial charge in [-0.15, -0.1) is 0 Å². The van der Waals surface area contributed by atoms with Crippen LogP contribution in [0.15, 0.2) is 42.5 Å². The summed E-state index contributed by atoms with van der Waals surface area (Å²) in [5.41, 5.74) is 9.33. The zero-order valence-electron chi connectivity index (χ0n) is 12.9. The minimum absolute atomic E-state index is 0.360. The van der Waals surface area contributed by atoms with E-state index in [1.807, 2.05) is 54.1 Å². The molecule has 5 nitrogen and oxygen atoms in total. The van der Waals surface area contributed by atoms with Crippen molar-refractivity contribution in [3.05, 3.63) is 53.9 Å². The van der Waals surface area contributed by atoms with Gasteiger partial charge in [0.15, 0.2) is 0 Å². The van der Waals surface area contributed by atoms with Crippen LogP contribution in [0.25, 0.3) is 11.0 Å². The van der Waals surface area contributed by atoms with E-state index in [9.17, 15) is 0 Å². The molecule has 0 aliphatic carbocycles. The van der Waals surface area contributed by atoms with Crippen LogP contribution in [0.2, 0.25) is 0 Å². The van der Waals surface area contributed by atoms with Crippen LogP contribution >= 0.6 is 0 Å². The standard InChI is InChI=1S/C17H19N3O2/c1-20-15-7-5-4-6-14(15)19-17(20)16(18)11-8-12(21-2)10-13(9-11)22-3/h4-10,16H,18H2,1-3H3. The van der Waals surface area contributed by atoms with Crippen molar-refractivity contribution in [2.24, 2.45) is 12.8 Å².